The van der Waals surface area contributed by atoms with Crippen LogP contribution < -0.4 is 10.0 Å². The van der Waals surface area contributed by atoms with Gasteiger partial charge in [0.25, 0.3) is 15.9 Å². The van der Waals surface area contributed by atoms with Gasteiger partial charge in [-0.2, -0.15) is 0 Å². The summed E-state index contributed by atoms with van der Waals surface area (Å²) in [6, 6.07) is 11.7. The number of para-hydroxylation sites is 1. The average Bonchev–Trinajstić information content (AvgIpc) is 3.26. The van der Waals surface area contributed by atoms with Crippen molar-refractivity contribution in [3.8, 4) is 0 Å². The second kappa shape index (κ2) is 7.41. The zero-order valence-electron chi connectivity index (χ0n) is 15.6. The Hall–Kier alpha value is -2.05. The second-order valence-corrected chi connectivity index (χ2v) is 9.88. The molecular weight excluding hydrogens is 396 g/mol. The van der Waals surface area contributed by atoms with Crippen LogP contribution in [0.2, 0.25) is 5.02 Å². The number of nitrogens with one attached hydrogen (secondary N) is 2. The van der Waals surface area contributed by atoms with Crippen molar-refractivity contribution in [2.45, 2.75) is 43.5 Å². The fraction of sp³-hybridized carbons (Fsp3) is 0.381. The second-order valence-electron chi connectivity index (χ2n) is 7.82. The van der Waals surface area contributed by atoms with Gasteiger partial charge in [-0.1, -0.05) is 36.2 Å². The van der Waals surface area contributed by atoms with Gasteiger partial charge in [-0.25, -0.2) is 8.42 Å². The maximum absolute atomic E-state index is 12.9. The van der Waals surface area contributed by atoms with E-state index in [9.17, 15) is 13.2 Å². The number of carbonyl (C=O) groups is 1. The van der Waals surface area contributed by atoms with Crippen LogP contribution in [0.15, 0.2) is 47.4 Å². The summed E-state index contributed by atoms with van der Waals surface area (Å²) in [5.74, 6) is 1.02. The molecule has 28 heavy (non-hydrogen) atoms. The summed E-state index contributed by atoms with van der Waals surface area (Å²) in [7, 11) is -3.92. The normalized spacial score (nSPS) is 23.6. The van der Waals surface area contributed by atoms with Gasteiger partial charge in [-0.15, -0.1) is 0 Å². The van der Waals surface area contributed by atoms with Crippen molar-refractivity contribution in [3.63, 3.8) is 0 Å². The molecule has 0 radical (unpaired) electrons. The molecule has 0 spiro atoms. The van der Waals surface area contributed by atoms with Gasteiger partial charge < -0.3 is 5.32 Å². The van der Waals surface area contributed by atoms with Crippen LogP contribution >= 0.6 is 11.6 Å². The SMILES string of the molecule is Cc1ccccc1NS(=O)(=O)c1cc(C(=O)N[C@@H]2C[C@H]3CC[C@H]2C3)ccc1Cl. The predicted molar refractivity (Wildman–Crippen MR) is 110 cm³/mol. The lowest BCUT2D eigenvalue weighted by Crippen LogP contribution is -2.38. The Morgan fingerprint density at radius 3 is 2.57 bits per heavy atom. The molecule has 0 heterocycles. The lowest BCUT2D eigenvalue weighted by molar-refractivity contribution is 0.0922. The van der Waals surface area contributed by atoms with Gasteiger partial charge in [0.2, 0.25) is 0 Å². The molecule has 7 heteroatoms. The zero-order valence-corrected chi connectivity index (χ0v) is 17.2. The van der Waals surface area contributed by atoms with Crippen LogP contribution in [0.1, 0.15) is 41.6 Å². The number of anilines is 1. The molecule has 148 valence electrons. The van der Waals surface area contributed by atoms with Crippen LogP contribution in [-0.4, -0.2) is 20.4 Å². The predicted octanol–water partition coefficient (Wildman–Crippen LogP) is 4.37. The summed E-state index contributed by atoms with van der Waals surface area (Å²) in [4.78, 5) is 12.6. The zero-order chi connectivity index (χ0) is 19.9. The first kappa shape index (κ1) is 19.3. The molecule has 2 aromatic rings. The number of fused-ring (bicyclic) bond motifs is 2. The molecule has 2 aliphatic carbocycles. The smallest absolute Gasteiger partial charge is 0.263 e. The van der Waals surface area contributed by atoms with Gasteiger partial charge in [0.15, 0.2) is 0 Å². The Morgan fingerprint density at radius 1 is 1.11 bits per heavy atom. The van der Waals surface area contributed by atoms with E-state index in [0.717, 1.165) is 24.3 Å². The van der Waals surface area contributed by atoms with Gasteiger partial charge >= 0.3 is 0 Å². The van der Waals surface area contributed by atoms with Crippen LogP contribution in [0.4, 0.5) is 5.69 Å². The average molecular weight is 419 g/mol. The minimum atomic E-state index is -3.92. The fourth-order valence-corrected chi connectivity index (χ4v) is 6.07. The highest BCUT2D eigenvalue weighted by molar-refractivity contribution is 7.92. The molecular formula is C21H23ClN2O3S. The molecule has 4 rings (SSSR count). The largest absolute Gasteiger partial charge is 0.349 e. The van der Waals surface area contributed by atoms with Crippen LogP contribution in [-0.2, 0) is 10.0 Å². The van der Waals surface area contributed by atoms with E-state index in [-0.39, 0.29) is 21.9 Å². The maximum atomic E-state index is 12.9. The minimum Gasteiger partial charge on any atom is -0.349 e. The third kappa shape index (κ3) is 3.76. The number of aryl methyl sites for hydroxylation is 1. The number of halogens is 1. The van der Waals surface area contributed by atoms with Gasteiger partial charge in [-0.3, -0.25) is 9.52 Å². The lowest BCUT2D eigenvalue weighted by atomic mass is 9.95. The van der Waals surface area contributed by atoms with Crippen LogP contribution in [0.25, 0.3) is 0 Å². The Bertz CT molecular complexity index is 1020. The van der Waals surface area contributed by atoms with E-state index < -0.39 is 10.0 Å². The molecule has 0 aromatic heterocycles. The summed E-state index contributed by atoms with van der Waals surface area (Å²) < 4.78 is 28.3. The maximum Gasteiger partial charge on any atom is 0.263 e. The van der Waals surface area contributed by atoms with Crippen molar-refractivity contribution >= 4 is 33.2 Å². The molecule has 2 N–H and O–H groups in total. The fourth-order valence-electron chi connectivity index (χ4n) is 4.41. The summed E-state index contributed by atoms with van der Waals surface area (Å²) in [6.45, 7) is 1.82. The lowest BCUT2D eigenvalue weighted by Gasteiger charge is -2.23. The first-order valence-corrected chi connectivity index (χ1v) is 11.4. The quantitative estimate of drug-likeness (QED) is 0.757. The van der Waals surface area contributed by atoms with E-state index in [4.69, 9.17) is 11.6 Å². The number of benzene rings is 2. The molecule has 2 saturated carbocycles. The molecule has 0 saturated heterocycles. The summed E-state index contributed by atoms with van der Waals surface area (Å²) in [6.07, 6.45) is 4.62. The highest BCUT2D eigenvalue weighted by atomic mass is 35.5. The summed E-state index contributed by atoms with van der Waals surface area (Å²) in [5, 5.41) is 3.17. The molecule has 2 aromatic carbocycles. The third-order valence-corrected chi connectivity index (χ3v) is 7.77. The third-order valence-electron chi connectivity index (χ3n) is 5.93. The molecule has 5 nitrogen and oxygen atoms in total. The number of sulfonamides is 1. The molecule has 0 aliphatic heterocycles. The van der Waals surface area contributed by atoms with Crippen molar-refractivity contribution in [2.24, 2.45) is 11.8 Å². The topological polar surface area (TPSA) is 75.3 Å². The van der Waals surface area contributed by atoms with Crippen molar-refractivity contribution in [1.29, 1.82) is 0 Å². The van der Waals surface area contributed by atoms with Gasteiger partial charge in [0.05, 0.1) is 10.7 Å². The Labute approximate surface area is 170 Å². The first-order valence-electron chi connectivity index (χ1n) is 9.52. The summed E-state index contributed by atoms with van der Waals surface area (Å²) in [5.41, 5.74) is 1.58. The molecule has 0 unspecified atom stereocenters. The van der Waals surface area contributed by atoms with Crippen molar-refractivity contribution in [2.75, 3.05) is 4.72 Å². The van der Waals surface area contributed by atoms with Crippen molar-refractivity contribution in [3.05, 3.63) is 58.6 Å². The van der Waals surface area contributed by atoms with Crippen LogP contribution in [0.3, 0.4) is 0 Å². The van der Waals surface area contributed by atoms with Gasteiger partial charge in [0.1, 0.15) is 4.90 Å². The minimum absolute atomic E-state index is 0.0811. The molecule has 2 aliphatic rings. The van der Waals surface area contributed by atoms with E-state index in [2.05, 4.69) is 10.0 Å². The standard InChI is InChI=1S/C21H23ClN2O3S/c1-13-4-2-3-5-18(13)24-28(26,27)20-12-16(8-9-17(20)22)21(25)23-19-11-14-6-7-15(19)10-14/h2-5,8-9,12,14-15,19,24H,6-7,10-11H2,1H3,(H,23,25)/t14-,15-,19+/m0/s1. The number of rotatable bonds is 5. The Morgan fingerprint density at radius 2 is 1.89 bits per heavy atom. The van der Waals surface area contributed by atoms with Crippen LogP contribution in [0.5, 0.6) is 0 Å². The monoisotopic (exact) mass is 418 g/mol. The first-order chi connectivity index (χ1) is 13.3. The number of hydrogen-bond acceptors (Lipinski definition) is 3. The number of carbonyl (C=O) groups excluding carboxylic acids is 1. The van der Waals surface area contributed by atoms with E-state index >= 15 is 0 Å². The van der Waals surface area contributed by atoms with Crippen molar-refractivity contribution < 1.29 is 13.2 Å². The van der Waals surface area contributed by atoms with E-state index in [1.807, 2.05) is 19.1 Å². The van der Waals surface area contributed by atoms with E-state index in [0.29, 0.717) is 17.2 Å². The molecule has 2 bridgehead atoms. The molecule has 1 amide bonds. The van der Waals surface area contributed by atoms with E-state index in [1.54, 1.807) is 18.2 Å². The van der Waals surface area contributed by atoms with Crippen molar-refractivity contribution in [1.82, 2.24) is 5.32 Å². The van der Waals surface area contributed by atoms with Crippen LogP contribution in [0, 0.1) is 18.8 Å². The van der Waals surface area contributed by atoms with Gasteiger partial charge in [0, 0.05) is 11.6 Å². The Balaban J connectivity index is 1.56. The molecule has 2 fully saturated rings. The number of hydrogen-bond donors (Lipinski definition) is 2. The summed E-state index contributed by atoms with van der Waals surface area (Å²) >= 11 is 6.16. The number of amides is 1. The highest BCUT2D eigenvalue weighted by Gasteiger charge is 2.40. The molecule has 3 atom stereocenters. The highest BCUT2D eigenvalue weighted by Crippen LogP contribution is 2.44. The Kier molecular flexibility index (Phi) is 5.10. The van der Waals surface area contributed by atoms with E-state index in [1.165, 1.54) is 25.0 Å². The van der Waals surface area contributed by atoms with Gasteiger partial charge in [-0.05, 0) is 67.9 Å².